The second-order valence-electron chi connectivity index (χ2n) is 3.96. The van der Waals surface area contributed by atoms with Gasteiger partial charge in [0.2, 0.25) is 0 Å². The molecule has 4 heteroatoms. The van der Waals surface area contributed by atoms with Crippen molar-refractivity contribution in [3.63, 3.8) is 0 Å². The van der Waals surface area contributed by atoms with E-state index in [4.69, 9.17) is 0 Å². The smallest absolute Gasteiger partial charge is 0.253 e. The van der Waals surface area contributed by atoms with Gasteiger partial charge in [0, 0.05) is 37.9 Å². The van der Waals surface area contributed by atoms with Gasteiger partial charge in [-0.1, -0.05) is 0 Å². The Labute approximate surface area is 100 Å². The van der Waals surface area contributed by atoms with Gasteiger partial charge in [-0.3, -0.25) is 9.78 Å². The molecule has 0 spiro atoms. The number of aryl methyl sites for hydroxylation is 1. The van der Waals surface area contributed by atoms with E-state index in [1.165, 1.54) is 0 Å². The van der Waals surface area contributed by atoms with E-state index < -0.39 is 0 Å². The fourth-order valence-corrected chi connectivity index (χ4v) is 1.63. The normalized spacial score (nSPS) is 10.2. The van der Waals surface area contributed by atoms with E-state index >= 15 is 0 Å². The van der Waals surface area contributed by atoms with Gasteiger partial charge in [0.25, 0.3) is 5.91 Å². The first-order valence-corrected chi connectivity index (χ1v) is 5.47. The summed E-state index contributed by atoms with van der Waals surface area (Å²) in [7, 11) is 1.93. The predicted octanol–water partition coefficient (Wildman–Crippen LogP) is 1.66. The minimum atomic E-state index is -0.0417. The molecule has 0 aromatic carbocycles. The van der Waals surface area contributed by atoms with Crippen molar-refractivity contribution in [2.24, 2.45) is 7.05 Å². The molecule has 0 aliphatic rings. The Balaban J connectivity index is 2.01. The van der Waals surface area contributed by atoms with Gasteiger partial charge >= 0.3 is 0 Å². The average Bonchev–Trinajstić information content (AvgIpc) is 2.69. The van der Waals surface area contributed by atoms with Gasteiger partial charge in [0.05, 0.1) is 5.56 Å². The highest BCUT2D eigenvalue weighted by atomic mass is 16.1. The minimum absolute atomic E-state index is 0.0417. The summed E-state index contributed by atoms with van der Waals surface area (Å²) in [4.78, 5) is 15.8. The Kier molecular flexibility index (Phi) is 3.23. The van der Waals surface area contributed by atoms with Crippen molar-refractivity contribution in [1.29, 1.82) is 0 Å². The lowest BCUT2D eigenvalue weighted by molar-refractivity contribution is 0.0950. The molecule has 2 rings (SSSR count). The van der Waals surface area contributed by atoms with Crippen molar-refractivity contribution in [2.75, 3.05) is 0 Å². The average molecular weight is 229 g/mol. The van der Waals surface area contributed by atoms with E-state index in [1.807, 2.05) is 42.9 Å². The maximum Gasteiger partial charge on any atom is 0.253 e. The highest BCUT2D eigenvalue weighted by Gasteiger charge is 2.10. The quantitative estimate of drug-likeness (QED) is 0.870. The summed E-state index contributed by atoms with van der Waals surface area (Å²) in [5, 5.41) is 2.89. The van der Waals surface area contributed by atoms with Crippen molar-refractivity contribution in [3.8, 4) is 0 Å². The van der Waals surface area contributed by atoms with Crippen LogP contribution in [0.15, 0.2) is 36.8 Å². The van der Waals surface area contributed by atoms with Crippen LogP contribution >= 0.6 is 0 Å². The van der Waals surface area contributed by atoms with Crippen LogP contribution in [0.25, 0.3) is 0 Å². The third kappa shape index (κ3) is 2.53. The largest absolute Gasteiger partial charge is 0.354 e. The topological polar surface area (TPSA) is 46.9 Å². The molecule has 0 aliphatic carbocycles. The van der Waals surface area contributed by atoms with E-state index in [9.17, 15) is 4.79 Å². The van der Waals surface area contributed by atoms with Crippen LogP contribution in [-0.4, -0.2) is 15.5 Å². The van der Waals surface area contributed by atoms with Crippen molar-refractivity contribution in [3.05, 3.63) is 53.6 Å². The first-order valence-electron chi connectivity index (χ1n) is 5.47. The zero-order valence-electron chi connectivity index (χ0n) is 9.97. The number of amides is 1. The molecule has 2 aromatic rings. The summed E-state index contributed by atoms with van der Waals surface area (Å²) in [5.41, 5.74) is 2.74. The number of nitrogens with zero attached hydrogens (tertiary/aromatic N) is 2. The Morgan fingerprint density at radius 2 is 2.06 bits per heavy atom. The molecule has 1 N–H and O–H groups in total. The molecule has 2 heterocycles. The lowest BCUT2D eigenvalue weighted by atomic mass is 10.2. The molecule has 0 radical (unpaired) electrons. The van der Waals surface area contributed by atoms with E-state index in [1.54, 1.807) is 12.4 Å². The number of aromatic nitrogens is 2. The molecule has 0 saturated carbocycles. The zero-order chi connectivity index (χ0) is 12.3. The number of pyridine rings is 1. The molecule has 0 unspecified atom stereocenters. The number of rotatable bonds is 3. The molecule has 4 nitrogen and oxygen atoms in total. The summed E-state index contributed by atoms with van der Waals surface area (Å²) in [5.74, 6) is -0.0417. The SMILES string of the molecule is Cc1c(C(=O)NCc2ccncc2)ccn1C. The van der Waals surface area contributed by atoms with Crippen LogP contribution in [0.4, 0.5) is 0 Å². The van der Waals surface area contributed by atoms with Crippen LogP contribution in [0.1, 0.15) is 21.6 Å². The maximum atomic E-state index is 11.9. The van der Waals surface area contributed by atoms with Gasteiger partial charge in [-0.25, -0.2) is 0 Å². The second-order valence-corrected chi connectivity index (χ2v) is 3.96. The minimum Gasteiger partial charge on any atom is -0.354 e. The van der Waals surface area contributed by atoms with Crippen molar-refractivity contribution < 1.29 is 4.79 Å². The van der Waals surface area contributed by atoms with E-state index in [2.05, 4.69) is 10.3 Å². The maximum absolute atomic E-state index is 11.9. The molecule has 0 aliphatic heterocycles. The van der Waals surface area contributed by atoms with Crippen LogP contribution in [0.2, 0.25) is 0 Å². The highest BCUT2D eigenvalue weighted by molar-refractivity contribution is 5.95. The monoisotopic (exact) mass is 229 g/mol. The first-order chi connectivity index (χ1) is 8.18. The van der Waals surface area contributed by atoms with E-state index in [0.29, 0.717) is 6.54 Å². The Morgan fingerprint density at radius 3 is 2.65 bits per heavy atom. The summed E-state index contributed by atoms with van der Waals surface area (Å²) in [6.45, 7) is 2.46. The van der Waals surface area contributed by atoms with Crippen LogP contribution in [0, 0.1) is 6.92 Å². The number of carbonyl (C=O) groups excluding carboxylic acids is 1. The van der Waals surface area contributed by atoms with Gasteiger partial charge in [0.1, 0.15) is 0 Å². The summed E-state index contributed by atoms with van der Waals surface area (Å²) in [6.07, 6.45) is 5.32. The zero-order valence-corrected chi connectivity index (χ0v) is 9.97. The fraction of sp³-hybridized carbons (Fsp3) is 0.231. The summed E-state index contributed by atoms with van der Waals surface area (Å²) >= 11 is 0. The molecule has 0 atom stereocenters. The van der Waals surface area contributed by atoms with Crippen LogP contribution in [-0.2, 0) is 13.6 Å². The van der Waals surface area contributed by atoms with E-state index in [0.717, 1.165) is 16.8 Å². The lowest BCUT2D eigenvalue weighted by Crippen LogP contribution is -2.23. The van der Waals surface area contributed by atoms with Crippen LogP contribution in [0.5, 0.6) is 0 Å². The Bertz CT molecular complexity index is 517. The van der Waals surface area contributed by atoms with Gasteiger partial charge in [-0.15, -0.1) is 0 Å². The fourth-order valence-electron chi connectivity index (χ4n) is 1.63. The van der Waals surface area contributed by atoms with Gasteiger partial charge in [-0.2, -0.15) is 0 Å². The van der Waals surface area contributed by atoms with E-state index in [-0.39, 0.29) is 5.91 Å². The second kappa shape index (κ2) is 4.82. The summed E-state index contributed by atoms with van der Waals surface area (Å²) < 4.78 is 1.93. The number of carbonyl (C=O) groups is 1. The molecule has 0 bridgehead atoms. The van der Waals surface area contributed by atoms with Crippen LogP contribution in [0.3, 0.4) is 0 Å². The molecule has 0 fully saturated rings. The Morgan fingerprint density at radius 1 is 1.35 bits per heavy atom. The molecule has 88 valence electrons. The first kappa shape index (κ1) is 11.4. The molecular weight excluding hydrogens is 214 g/mol. The number of hydrogen-bond donors (Lipinski definition) is 1. The Hall–Kier alpha value is -2.10. The third-order valence-corrected chi connectivity index (χ3v) is 2.83. The number of hydrogen-bond acceptors (Lipinski definition) is 2. The summed E-state index contributed by atoms with van der Waals surface area (Å²) in [6, 6.07) is 5.60. The molecule has 2 aromatic heterocycles. The van der Waals surface area contributed by atoms with Crippen molar-refractivity contribution in [1.82, 2.24) is 14.9 Å². The standard InChI is InChI=1S/C13H15N3O/c1-10-12(5-8-16(10)2)13(17)15-9-11-3-6-14-7-4-11/h3-8H,9H2,1-2H3,(H,15,17). The number of nitrogens with one attached hydrogen (secondary N) is 1. The van der Waals surface area contributed by atoms with Crippen LogP contribution < -0.4 is 5.32 Å². The molecule has 0 saturated heterocycles. The predicted molar refractivity (Wildman–Crippen MR) is 65.6 cm³/mol. The molecule has 1 amide bonds. The van der Waals surface area contributed by atoms with Crippen molar-refractivity contribution >= 4 is 5.91 Å². The third-order valence-electron chi connectivity index (χ3n) is 2.83. The molecular formula is C13H15N3O. The van der Waals surface area contributed by atoms with Gasteiger partial charge in [0.15, 0.2) is 0 Å². The lowest BCUT2D eigenvalue weighted by Gasteiger charge is -2.05. The van der Waals surface area contributed by atoms with Gasteiger partial charge in [-0.05, 0) is 30.7 Å². The van der Waals surface area contributed by atoms with Crippen molar-refractivity contribution in [2.45, 2.75) is 13.5 Å². The molecule has 17 heavy (non-hydrogen) atoms. The highest BCUT2D eigenvalue weighted by Crippen LogP contribution is 2.08. The van der Waals surface area contributed by atoms with Gasteiger partial charge < -0.3 is 9.88 Å².